The maximum Gasteiger partial charge on any atom is 0.259 e. The number of amides is 2. The summed E-state index contributed by atoms with van der Waals surface area (Å²) >= 11 is 0. The van der Waals surface area contributed by atoms with Crippen molar-refractivity contribution in [3.05, 3.63) is 65.5 Å². The second-order valence-corrected chi connectivity index (χ2v) is 9.15. The molecule has 2 aliphatic heterocycles. The largest absolute Gasteiger partial charge is 0.508 e. The molecule has 7 heteroatoms. The SMILES string of the molecule is Cc1cccc2c1c1cn2CCOC(C)CCn2cc(c3ccc(O)cc32)C2=C1C(=O)NC2=O. The Balaban J connectivity index is 1.72. The van der Waals surface area contributed by atoms with E-state index < -0.39 is 5.91 Å². The highest BCUT2D eigenvalue weighted by Gasteiger charge is 2.35. The number of carbonyl (C=O) groups excluding carboxylic acids is 2. The molecule has 2 aliphatic rings. The predicted octanol–water partition coefficient (Wildman–Crippen LogP) is 3.99. The molecule has 0 aliphatic carbocycles. The fraction of sp³-hybridized carbons (Fsp3) is 0.259. The summed E-state index contributed by atoms with van der Waals surface area (Å²) in [5, 5.41) is 14.5. The zero-order chi connectivity index (χ0) is 23.6. The van der Waals surface area contributed by atoms with Gasteiger partial charge in [-0.3, -0.25) is 14.9 Å². The van der Waals surface area contributed by atoms with E-state index in [1.165, 1.54) is 0 Å². The molecule has 2 N–H and O–H groups in total. The topological polar surface area (TPSA) is 85.5 Å². The van der Waals surface area contributed by atoms with Gasteiger partial charge in [0, 0.05) is 59.0 Å². The lowest BCUT2D eigenvalue weighted by Crippen LogP contribution is -2.22. The fourth-order valence-electron chi connectivity index (χ4n) is 5.30. The second-order valence-electron chi connectivity index (χ2n) is 9.15. The molecule has 0 radical (unpaired) electrons. The van der Waals surface area contributed by atoms with Crippen LogP contribution >= 0.6 is 0 Å². The van der Waals surface area contributed by atoms with Crippen molar-refractivity contribution in [3.8, 4) is 5.75 Å². The lowest BCUT2D eigenvalue weighted by molar-refractivity contribution is -0.122. The first-order valence-electron chi connectivity index (χ1n) is 11.5. The molecular formula is C27H25N3O4. The number of nitrogens with zero attached hydrogens (tertiary/aromatic N) is 2. The quantitative estimate of drug-likeness (QED) is 0.393. The van der Waals surface area contributed by atoms with Gasteiger partial charge in [-0.2, -0.15) is 0 Å². The van der Waals surface area contributed by atoms with Crippen LogP contribution in [0.15, 0.2) is 48.8 Å². The average molecular weight is 456 g/mol. The lowest BCUT2D eigenvalue weighted by atomic mass is 9.94. The molecule has 0 spiro atoms. The Morgan fingerprint density at radius 3 is 2.53 bits per heavy atom. The van der Waals surface area contributed by atoms with E-state index in [4.69, 9.17) is 4.74 Å². The molecule has 2 aromatic carbocycles. The maximum absolute atomic E-state index is 13.2. The summed E-state index contributed by atoms with van der Waals surface area (Å²) in [6.07, 6.45) is 4.69. The van der Waals surface area contributed by atoms with E-state index in [0.717, 1.165) is 39.4 Å². The van der Waals surface area contributed by atoms with Gasteiger partial charge in [0.25, 0.3) is 11.8 Å². The van der Waals surface area contributed by atoms with Gasteiger partial charge in [0.1, 0.15) is 5.75 Å². The third-order valence-electron chi connectivity index (χ3n) is 6.96. The number of hydrogen-bond donors (Lipinski definition) is 2. The minimum atomic E-state index is -0.398. The zero-order valence-corrected chi connectivity index (χ0v) is 19.1. The molecule has 4 aromatic rings. The first-order chi connectivity index (χ1) is 16.4. The molecule has 0 saturated heterocycles. The van der Waals surface area contributed by atoms with Gasteiger partial charge in [-0.1, -0.05) is 12.1 Å². The Morgan fingerprint density at radius 1 is 0.971 bits per heavy atom. The highest BCUT2D eigenvalue weighted by molar-refractivity contribution is 6.50. The van der Waals surface area contributed by atoms with Crippen LogP contribution in [0.1, 0.15) is 30.0 Å². The normalized spacial score (nSPS) is 18.9. The molecule has 172 valence electrons. The Kier molecular flexibility index (Phi) is 4.64. The number of rotatable bonds is 0. The van der Waals surface area contributed by atoms with Gasteiger partial charge in [-0.05, 0) is 44.0 Å². The number of nitrogens with one attached hydrogen (secondary N) is 1. The first kappa shape index (κ1) is 20.7. The summed E-state index contributed by atoms with van der Waals surface area (Å²) in [6, 6.07) is 11.2. The molecular weight excluding hydrogens is 430 g/mol. The Hall–Kier alpha value is -3.84. The number of carbonyl (C=O) groups is 2. The number of aromatic nitrogens is 2. The minimum Gasteiger partial charge on any atom is -0.508 e. The van der Waals surface area contributed by atoms with Crippen molar-refractivity contribution in [2.45, 2.75) is 39.5 Å². The predicted molar refractivity (Wildman–Crippen MR) is 130 cm³/mol. The van der Waals surface area contributed by atoms with Crippen molar-refractivity contribution >= 4 is 44.8 Å². The van der Waals surface area contributed by atoms with Gasteiger partial charge < -0.3 is 19.0 Å². The van der Waals surface area contributed by atoms with Crippen LogP contribution in [0.25, 0.3) is 33.0 Å². The van der Waals surface area contributed by atoms with Gasteiger partial charge in [-0.15, -0.1) is 0 Å². The standard InChI is InChI=1S/C27H25N3O4/c1-15-4-3-5-21-23(15)20-14-30(21)10-11-34-16(2)8-9-29-13-19(18-7-6-17(31)12-22(18)29)24-25(20)27(33)28-26(24)32/h3-7,12-14,16,31H,8-11H2,1-2H3,(H,28,32,33). The molecule has 1 unspecified atom stereocenters. The van der Waals surface area contributed by atoms with Gasteiger partial charge >= 0.3 is 0 Å². The molecule has 2 amide bonds. The number of aromatic hydroxyl groups is 1. The number of hydrogen-bond acceptors (Lipinski definition) is 4. The van der Waals surface area contributed by atoms with Crippen LogP contribution in [0.2, 0.25) is 0 Å². The van der Waals surface area contributed by atoms with Crippen LogP contribution in [-0.4, -0.2) is 38.8 Å². The van der Waals surface area contributed by atoms with Crippen LogP contribution in [0.4, 0.5) is 0 Å². The molecule has 34 heavy (non-hydrogen) atoms. The number of benzene rings is 2. The monoisotopic (exact) mass is 455 g/mol. The Morgan fingerprint density at radius 2 is 1.71 bits per heavy atom. The van der Waals surface area contributed by atoms with Crippen LogP contribution in [0, 0.1) is 6.92 Å². The summed E-state index contributed by atoms with van der Waals surface area (Å²) in [5.41, 5.74) is 5.06. The molecule has 2 aromatic heterocycles. The lowest BCUT2D eigenvalue weighted by Gasteiger charge is -2.15. The van der Waals surface area contributed by atoms with E-state index in [9.17, 15) is 14.7 Å². The maximum atomic E-state index is 13.2. The number of fused-ring (bicyclic) bond motifs is 12. The zero-order valence-electron chi connectivity index (χ0n) is 19.1. The van der Waals surface area contributed by atoms with Crippen molar-refractivity contribution in [2.75, 3.05) is 6.61 Å². The average Bonchev–Trinajstić information content (AvgIpc) is 3.43. The van der Waals surface area contributed by atoms with Crippen LogP contribution in [-0.2, 0) is 27.4 Å². The van der Waals surface area contributed by atoms with Gasteiger partial charge in [0.15, 0.2) is 0 Å². The highest BCUT2D eigenvalue weighted by atomic mass is 16.5. The number of phenolic OH excluding ortho intramolecular Hbond substituents is 1. The fourth-order valence-corrected chi connectivity index (χ4v) is 5.30. The van der Waals surface area contributed by atoms with E-state index in [0.29, 0.717) is 36.4 Å². The van der Waals surface area contributed by atoms with Gasteiger partial charge in [0.2, 0.25) is 0 Å². The summed E-state index contributed by atoms with van der Waals surface area (Å²) in [7, 11) is 0. The molecule has 0 fully saturated rings. The van der Waals surface area contributed by atoms with E-state index >= 15 is 0 Å². The number of imide groups is 1. The van der Waals surface area contributed by atoms with E-state index in [-0.39, 0.29) is 17.8 Å². The third kappa shape index (κ3) is 3.08. The molecule has 4 heterocycles. The van der Waals surface area contributed by atoms with Crippen molar-refractivity contribution in [1.29, 1.82) is 0 Å². The number of ether oxygens (including phenoxy) is 1. The van der Waals surface area contributed by atoms with E-state index in [1.54, 1.807) is 12.1 Å². The summed E-state index contributed by atoms with van der Waals surface area (Å²) in [6.45, 7) is 5.91. The summed E-state index contributed by atoms with van der Waals surface area (Å²) in [5.74, 6) is -0.634. The van der Waals surface area contributed by atoms with Crippen LogP contribution < -0.4 is 5.32 Å². The molecule has 1 atom stereocenters. The number of phenols is 1. The van der Waals surface area contributed by atoms with Gasteiger partial charge in [0.05, 0.1) is 29.4 Å². The molecule has 0 saturated carbocycles. The summed E-state index contributed by atoms with van der Waals surface area (Å²) < 4.78 is 10.3. The smallest absolute Gasteiger partial charge is 0.259 e. The highest BCUT2D eigenvalue weighted by Crippen LogP contribution is 2.40. The Labute approximate surface area is 196 Å². The molecule has 7 nitrogen and oxygen atoms in total. The first-order valence-corrected chi connectivity index (χ1v) is 11.5. The van der Waals surface area contributed by atoms with Crippen LogP contribution in [0.5, 0.6) is 5.75 Å². The summed E-state index contributed by atoms with van der Waals surface area (Å²) in [4.78, 5) is 26.4. The van der Waals surface area contributed by atoms with Gasteiger partial charge in [-0.25, -0.2) is 0 Å². The minimum absolute atomic E-state index is 0.0373. The van der Waals surface area contributed by atoms with Crippen molar-refractivity contribution < 1.29 is 19.4 Å². The van der Waals surface area contributed by atoms with E-state index in [2.05, 4.69) is 16.8 Å². The number of aryl methyl sites for hydroxylation is 2. The van der Waals surface area contributed by atoms with Crippen molar-refractivity contribution in [3.63, 3.8) is 0 Å². The second kappa shape index (κ2) is 7.60. The molecule has 6 rings (SSSR count). The van der Waals surface area contributed by atoms with Crippen molar-refractivity contribution in [1.82, 2.24) is 14.5 Å². The molecule has 4 bridgehead atoms. The van der Waals surface area contributed by atoms with Crippen LogP contribution in [0.3, 0.4) is 0 Å². The third-order valence-corrected chi connectivity index (χ3v) is 6.96. The van der Waals surface area contributed by atoms with Crippen molar-refractivity contribution in [2.24, 2.45) is 0 Å². The Bertz CT molecular complexity index is 1540. The van der Waals surface area contributed by atoms with E-state index in [1.807, 2.05) is 48.1 Å².